The van der Waals surface area contributed by atoms with Crippen LogP contribution in [0.1, 0.15) is 49.3 Å². The monoisotopic (exact) mass is 243 g/mol. The summed E-state index contributed by atoms with van der Waals surface area (Å²) in [4.78, 5) is 0. The van der Waals surface area contributed by atoms with Gasteiger partial charge >= 0.3 is 0 Å². The van der Waals surface area contributed by atoms with Crippen LogP contribution < -0.4 is 5.73 Å². The lowest BCUT2D eigenvalue weighted by Crippen LogP contribution is -2.11. The van der Waals surface area contributed by atoms with Crippen LogP contribution >= 0.6 is 0 Å². The molecule has 0 aromatic heterocycles. The summed E-state index contributed by atoms with van der Waals surface area (Å²) in [5.41, 5.74) is 8.08. The number of aliphatic hydroxyl groups is 1. The van der Waals surface area contributed by atoms with Gasteiger partial charge in [-0.2, -0.15) is 0 Å². The number of aliphatic hydroxyl groups excluding tert-OH is 1. The van der Waals surface area contributed by atoms with Gasteiger partial charge in [-0.25, -0.2) is 0 Å². The molecule has 0 aliphatic heterocycles. The fraction of sp³-hybridized carbons (Fsp3) is 0.500. The zero-order valence-electron chi connectivity index (χ0n) is 10.7. The van der Waals surface area contributed by atoms with Crippen molar-refractivity contribution in [3.8, 4) is 11.8 Å². The zero-order valence-corrected chi connectivity index (χ0v) is 10.7. The van der Waals surface area contributed by atoms with E-state index in [1.165, 1.54) is 25.7 Å². The summed E-state index contributed by atoms with van der Waals surface area (Å²) in [6, 6.07) is 7.97. The number of benzene rings is 1. The highest BCUT2D eigenvalue weighted by molar-refractivity contribution is 5.38. The summed E-state index contributed by atoms with van der Waals surface area (Å²) in [5, 5.41) is 8.91. The highest BCUT2D eigenvalue weighted by atomic mass is 16.3. The third kappa shape index (κ3) is 3.60. The first-order chi connectivity index (χ1) is 8.79. The van der Waals surface area contributed by atoms with E-state index in [9.17, 15) is 0 Å². The van der Waals surface area contributed by atoms with Gasteiger partial charge in [0.05, 0.1) is 0 Å². The molecule has 1 aromatic carbocycles. The molecule has 0 spiro atoms. The second-order valence-electron chi connectivity index (χ2n) is 4.99. The highest BCUT2D eigenvalue weighted by Crippen LogP contribution is 2.23. The van der Waals surface area contributed by atoms with E-state index in [1.807, 2.05) is 24.3 Å². The van der Waals surface area contributed by atoms with Crippen molar-refractivity contribution in [1.29, 1.82) is 0 Å². The smallest absolute Gasteiger partial charge is 0.0449 e. The van der Waals surface area contributed by atoms with Crippen molar-refractivity contribution in [1.82, 2.24) is 0 Å². The topological polar surface area (TPSA) is 46.2 Å². The van der Waals surface area contributed by atoms with Crippen molar-refractivity contribution in [2.45, 2.75) is 38.1 Å². The summed E-state index contributed by atoms with van der Waals surface area (Å²) in [6.45, 7) is 0.124. The Bertz CT molecular complexity index is 438. The predicted octanol–water partition coefficient (Wildman–Crippen LogP) is 2.61. The summed E-state index contributed by atoms with van der Waals surface area (Å²) < 4.78 is 0. The van der Waals surface area contributed by atoms with Crippen molar-refractivity contribution in [2.75, 3.05) is 6.61 Å². The van der Waals surface area contributed by atoms with Crippen LogP contribution in [0.25, 0.3) is 0 Å². The van der Waals surface area contributed by atoms with Crippen LogP contribution in [0.4, 0.5) is 0 Å². The van der Waals surface area contributed by atoms with Gasteiger partial charge in [0.25, 0.3) is 0 Å². The van der Waals surface area contributed by atoms with Crippen LogP contribution in [-0.2, 0) is 0 Å². The van der Waals surface area contributed by atoms with E-state index in [2.05, 4.69) is 11.8 Å². The molecule has 1 atom stereocenters. The van der Waals surface area contributed by atoms with E-state index in [0.29, 0.717) is 12.3 Å². The lowest BCUT2D eigenvalue weighted by molar-refractivity contribution is 0.276. The average Bonchev–Trinajstić information content (AvgIpc) is 2.90. The van der Waals surface area contributed by atoms with E-state index >= 15 is 0 Å². The number of hydrogen-bond donors (Lipinski definition) is 2. The average molecular weight is 243 g/mol. The Hall–Kier alpha value is -1.30. The van der Waals surface area contributed by atoms with Gasteiger partial charge in [0.2, 0.25) is 0 Å². The third-order valence-electron chi connectivity index (χ3n) is 3.53. The maximum atomic E-state index is 8.91. The summed E-state index contributed by atoms with van der Waals surface area (Å²) in [5.74, 6) is 7.19. The van der Waals surface area contributed by atoms with E-state index in [1.54, 1.807) is 0 Å². The van der Waals surface area contributed by atoms with E-state index in [-0.39, 0.29) is 12.6 Å². The molecule has 0 bridgehead atoms. The Morgan fingerprint density at radius 1 is 1.33 bits per heavy atom. The molecule has 3 N–H and O–H groups in total. The fourth-order valence-corrected chi connectivity index (χ4v) is 2.41. The molecule has 96 valence electrons. The van der Waals surface area contributed by atoms with Crippen molar-refractivity contribution >= 4 is 0 Å². The van der Waals surface area contributed by atoms with E-state index in [0.717, 1.165) is 11.1 Å². The Balaban J connectivity index is 2.06. The molecule has 1 fully saturated rings. The minimum atomic E-state index is -0.0942. The Labute approximate surface area is 109 Å². The normalized spacial score (nSPS) is 17.2. The van der Waals surface area contributed by atoms with Crippen LogP contribution in [-0.4, -0.2) is 11.7 Å². The minimum absolute atomic E-state index is 0.0942. The molecule has 2 rings (SSSR count). The Morgan fingerprint density at radius 2 is 2.11 bits per heavy atom. The molecular formula is C16H21NO. The van der Waals surface area contributed by atoms with Crippen LogP contribution in [0.15, 0.2) is 24.3 Å². The van der Waals surface area contributed by atoms with Crippen LogP contribution in [0, 0.1) is 17.8 Å². The molecule has 0 radical (unpaired) electrons. The van der Waals surface area contributed by atoms with Crippen molar-refractivity contribution in [3.63, 3.8) is 0 Å². The third-order valence-corrected chi connectivity index (χ3v) is 3.53. The maximum Gasteiger partial charge on any atom is 0.0449 e. The van der Waals surface area contributed by atoms with Gasteiger partial charge < -0.3 is 10.8 Å². The zero-order chi connectivity index (χ0) is 12.8. The van der Waals surface area contributed by atoms with Gasteiger partial charge in [-0.05, 0) is 37.0 Å². The fourth-order valence-electron chi connectivity index (χ4n) is 2.41. The van der Waals surface area contributed by atoms with Crippen LogP contribution in [0.3, 0.4) is 0 Å². The minimum Gasteiger partial charge on any atom is -0.396 e. The van der Waals surface area contributed by atoms with Gasteiger partial charge in [-0.1, -0.05) is 36.8 Å². The molecule has 0 amide bonds. The molecule has 1 unspecified atom stereocenters. The Morgan fingerprint density at radius 3 is 2.83 bits per heavy atom. The first-order valence-electron chi connectivity index (χ1n) is 6.77. The molecule has 0 saturated heterocycles. The highest BCUT2D eigenvalue weighted by Gasteiger charge is 2.11. The van der Waals surface area contributed by atoms with Gasteiger partial charge in [0.15, 0.2) is 0 Å². The van der Waals surface area contributed by atoms with Gasteiger partial charge in [0.1, 0.15) is 0 Å². The second kappa shape index (κ2) is 6.58. The summed E-state index contributed by atoms with van der Waals surface area (Å²) in [6.07, 6.45) is 5.73. The van der Waals surface area contributed by atoms with Crippen LogP contribution in [0.2, 0.25) is 0 Å². The lowest BCUT2D eigenvalue weighted by Gasteiger charge is -2.10. The first kappa shape index (κ1) is 13.1. The van der Waals surface area contributed by atoms with Crippen molar-refractivity contribution < 1.29 is 5.11 Å². The SMILES string of the molecule is NC(CCO)c1cccc(C#CC2CCCC2)c1. The second-order valence-corrected chi connectivity index (χ2v) is 4.99. The Kier molecular flexibility index (Phi) is 4.81. The van der Waals surface area contributed by atoms with Crippen molar-refractivity contribution in [3.05, 3.63) is 35.4 Å². The molecular weight excluding hydrogens is 222 g/mol. The van der Waals surface area contributed by atoms with E-state index in [4.69, 9.17) is 10.8 Å². The van der Waals surface area contributed by atoms with Crippen LogP contribution in [0.5, 0.6) is 0 Å². The molecule has 1 saturated carbocycles. The quantitative estimate of drug-likeness (QED) is 0.802. The predicted molar refractivity (Wildman–Crippen MR) is 73.9 cm³/mol. The molecule has 0 heterocycles. The molecule has 1 aliphatic rings. The molecule has 2 heteroatoms. The molecule has 2 nitrogen and oxygen atoms in total. The van der Waals surface area contributed by atoms with Gasteiger partial charge in [0, 0.05) is 24.1 Å². The number of nitrogens with two attached hydrogens (primary N) is 1. The standard InChI is InChI=1S/C16H21NO/c17-16(10-11-18)15-7-3-6-14(12-15)9-8-13-4-1-2-5-13/h3,6-7,12-13,16,18H,1-2,4-5,10-11,17H2. The van der Waals surface area contributed by atoms with Gasteiger partial charge in [-0.3, -0.25) is 0 Å². The first-order valence-corrected chi connectivity index (χ1v) is 6.77. The number of rotatable bonds is 3. The van der Waals surface area contributed by atoms with Crippen molar-refractivity contribution in [2.24, 2.45) is 11.7 Å². The molecule has 18 heavy (non-hydrogen) atoms. The summed E-state index contributed by atoms with van der Waals surface area (Å²) in [7, 11) is 0. The van der Waals surface area contributed by atoms with E-state index < -0.39 is 0 Å². The summed E-state index contributed by atoms with van der Waals surface area (Å²) >= 11 is 0. The molecule has 1 aliphatic carbocycles. The molecule has 1 aromatic rings. The van der Waals surface area contributed by atoms with Gasteiger partial charge in [-0.15, -0.1) is 0 Å². The largest absolute Gasteiger partial charge is 0.396 e. The number of hydrogen-bond acceptors (Lipinski definition) is 2. The maximum absolute atomic E-state index is 8.91. The lowest BCUT2D eigenvalue weighted by atomic mass is 10.0.